The Balaban J connectivity index is 1.35. The fourth-order valence-corrected chi connectivity index (χ4v) is 5.65. The number of benzene rings is 3. The Morgan fingerprint density at radius 2 is 1.76 bits per heavy atom. The maximum absolute atomic E-state index is 14.3. The van der Waals surface area contributed by atoms with Crippen LogP contribution in [0.4, 0.5) is 10.1 Å². The van der Waals surface area contributed by atoms with Gasteiger partial charge in [0.2, 0.25) is 0 Å². The first-order valence-electron chi connectivity index (χ1n) is 12.4. The van der Waals surface area contributed by atoms with Crippen molar-refractivity contribution in [1.82, 2.24) is 4.90 Å². The molecule has 3 aromatic carbocycles. The lowest BCUT2D eigenvalue weighted by Gasteiger charge is -2.30. The molecule has 3 aromatic rings. The molecule has 1 saturated carbocycles. The van der Waals surface area contributed by atoms with Crippen molar-refractivity contribution in [3.63, 3.8) is 0 Å². The number of amidine groups is 1. The maximum Gasteiger partial charge on any atom is 0.267 e. The SMILES string of the molecule is N#Cc1ccccc1COc1ccc(/C=C2\SC(=Nc3ccccc3F)N(C3CCCCC3)C2=O)cc1. The monoisotopic (exact) mass is 511 g/mol. The summed E-state index contributed by atoms with van der Waals surface area (Å²) < 4.78 is 20.2. The van der Waals surface area contributed by atoms with Crippen molar-refractivity contribution in [2.45, 2.75) is 44.8 Å². The predicted molar refractivity (Wildman–Crippen MR) is 145 cm³/mol. The number of halogens is 1. The molecule has 0 spiro atoms. The third-order valence-corrected chi connectivity index (χ3v) is 7.54. The van der Waals surface area contributed by atoms with E-state index in [1.165, 1.54) is 24.2 Å². The molecule has 37 heavy (non-hydrogen) atoms. The average molecular weight is 512 g/mol. The Bertz CT molecular complexity index is 1390. The third-order valence-electron chi connectivity index (χ3n) is 6.56. The van der Waals surface area contributed by atoms with E-state index in [9.17, 15) is 14.4 Å². The number of carbonyl (C=O) groups is 1. The van der Waals surface area contributed by atoms with E-state index >= 15 is 0 Å². The number of rotatable bonds is 6. The smallest absolute Gasteiger partial charge is 0.267 e. The maximum atomic E-state index is 14.3. The number of nitriles is 1. The zero-order valence-electron chi connectivity index (χ0n) is 20.3. The molecule has 1 aliphatic carbocycles. The van der Waals surface area contributed by atoms with Crippen LogP contribution in [-0.2, 0) is 11.4 Å². The van der Waals surface area contributed by atoms with Gasteiger partial charge in [-0.2, -0.15) is 5.26 Å². The third kappa shape index (κ3) is 5.76. The van der Waals surface area contributed by atoms with Gasteiger partial charge in [0.05, 0.1) is 16.5 Å². The Labute approximate surface area is 220 Å². The number of aliphatic imine (C=N–C) groups is 1. The number of hydrogen-bond donors (Lipinski definition) is 0. The van der Waals surface area contributed by atoms with Gasteiger partial charge in [-0.3, -0.25) is 9.69 Å². The highest BCUT2D eigenvalue weighted by atomic mass is 32.2. The van der Waals surface area contributed by atoms with Gasteiger partial charge in [0.25, 0.3) is 5.91 Å². The lowest BCUT2D eigenvalue weighted by atomic mass is 9.94. The summed E-state index contributed by atoms with van der Waals surface area (Å²) in [7, 11) is 0. The lowest BCUT2D eigenvalue weighted by Crippen LogP contribution is -2.40. The number of carbonyl (C=O) groups excluding carboxylic acids is 1. The molecule has 1 amide bonds. The zero-order valence-corrected chi connectivity index (χ0v) is 21.1. The van der Waals surface area contributed by atoms with Crippen LogP contribution in [0.25, 0.3) is 6.08 Å². The number of hydrogen-bond acceptors (Lipinski definition) is 5. The highest BCUT2D eigenvalue weighted by Crippen LogP contribution is 2.39. The lowest BCUT2D eigenvalue weighted by molar-refractivity contribution is -0.124. The van der Waals surface area contributed by atoms with Crippen molar-refractivity contribution in [3.05, 3.63) is 100 Å². The fourth-order valence-electron chi connectivity index (χ4n) is 4.60. The molecule has 2 fully saturated rings. The second-order valence-electron chi connectivity index (χ2n) is 9.05. The summed E-state index contributed by atoms with van der Waals surface area (Å²) in [5.74, 6) is 0.184. The first-order chi connectivity index (χ1) is 18.1. The molecule has 1 aliphatic heterocycles. The van der Waals surface area contributed by atoms with Crippen LogP contribution in [0, 0.1) is 17.1 Å². The van der Waals surface area contributed by atoms with Crippen LogP contribution in [0.2, 0.25) is 0 Å². The van der Waals surface area contributed by atoms with Gasteiger partial charge in [-0.1, -0.05) is 61.7 Å². The molecule has 0 aromatic heterocycles. The predicted octanol–water partition coefficient (Wildman–Crippen LogP) is 7.21. The topological polar surface area (TPSA) is 65.7 Å². The van der Waals surface area contributed by atoms with Gasteiger partial charge in [-0.05, 0) is 66.6 Å². The Morgan fingerprint density at radius 1 is 1.03 bits per heavy atom. The summed E-state index contributed by atoms with van der Waals surface area (Å²) in [6.45, 7) is 0.296. The van der Waals surface area contributed by atoms with Gasteiger partial charge >= 0.3 is 0 Å². The molecular weight excluding hydrogens is 485 g/mol. The number of para-hydroxylation sites is 1. The average Bonchev–Trinajstić information content (AvgIpc) is 3.24. The normalized spacial score (nSPS) is 18.4. The fraction of sp³-hybridized carbons (Fsp3) is 0.233. The Hall–Kier alpha value is -3.89. The molecule has 5 rings (SSSR count). The molecule has 0 N–H and O–H groups in total. The second kappa shape index (κ2) is 11.4. The van der Waals surface area contributed by atoms with E-state index in [-0.39, 0.29) is 17.6 Å². The largest absolute Gasteiger partial charge is 0.489 e. The van der Waals surface area contributed by atoms with Crippen molar-refractivity contribution >= 4 is 34.6 Å². The van der Waals surface area contributed by atoms with E-state index in [4.69, 9.17) is 4.74 Å². The summed E-state index contributed by atoms with van der Waals surface area (Å²) in [5, 5.41) is 9.79. The number of thioether (sulfide) groups is 1. The Kier molecular flexibility index (Phi) is 7.67. The zero-order chi connectivity index (χ0) is 25.6. The van der Waals surface area contributed by atoms with E-state index in [2.05, 4.69) is 11.1 Å². The molecule has 0 atom stereocenters. The van der Waals surface area contributed by atoms with Crippen LogP contribution in [0.3, 0.4) is 0 Å². The van der Waals surface area contributed by atoms with E-state index in [0.29, 0.717) is 28.0 Å². The Morgan fingerprint density at radius 3 is 2.51 bits per heavy atom. The minimum absolute atomic E-state index is 0.0808. The molecule has 1 saturated heterocycles. The highest BCUT2D eigenvalue weighted by Gasteiger charge is 2.38. The summed E-state index contributed by atoms with van der Waals surface area (Å²) in [6.07, 6.45) is 7.02. The van der Waals surface area contributed by atoms with Crippen LogP contribution < -0.4 is 4.74 Å². The van der Waals surface area contributed by atoms with Gasteiger partial charge in [0.15, 0.2) is 5.17 Å². The molecule has 7 heteroatoms. The first-order valence-corrected chi connectivity index (χ1v) is 13.2. The minimum atomic E-state index is -0.406. The van der Waals surface area contributed by atoms with Crippen molar-refractivity contribution < 1.29 is 13.9 Å². The summed E-state index contributed by atoms with van der Waals surface area (Å²) in [6, 6.07) is 23.5. The molecular formula is C30H26FN3O2S. The van der Waals surface area contributed by atoms with Crippen LogP contribution >= 0.6 is 11.8 Å². The second-order valence-corrected chi connectivity index (χ2v) is 10.1. The van der Waals surface area contributed by atoms with E-state index in [0.717, 1.165) is 36.8 Å². The molecule has 2 aliphatic rings. The van der Waals surface area contributed by atoms with Gasteiger partial charge in [-0.15, -0.1) is 0 Å². The first kappa shape index (κ1) is 24.8. The summed E-state index contributed by atoms with van der Waals surface area (Å²) >= 11 is 1.29. The van der Waals surface area contributed by atoms with Gasteiger partial charge in [0, 0.05) is 11.6 Å². The van der Waals surface area contributed by atoms with Crippen molar-refractivity contribution in [1.29, 1.82) is 5.26 Å². The van der Waals surface area contributed by atoms with Crippen molar-refractivity contribution in [2.75, 3.05) is 0 Å². The molecule has 186 valence electrons. The van der Waals surface area contributed by atoms with Crippen molar-refractivity contribution in [3.8, 4) is 11.8 Å². The van der Waals surface area contributed by atoms with Crippen LogP contribution in [0.1, 0.15) is 48.8 Å². The van der Waals surface area contributed by atoms with E-state index < -0.39 is 5.82 Å². The summed E-state index contributed by atoms with van der Waals surface area (Å²) in [4.78, 5) is 20.4. The molecule has 0 radical (unpaired) electrons. The van der Waals surface area contributed by atoms with Gasteiger partial charge < -0.3 is 4.74 Å². The standard InChI is InChI=1S/C30H26FN3O2S/c31-26-12-6-7-13-27(26)33-30-34(24-10-2-1-3-11-24)29(35)28(37-30)18-21-14-16-25(17-15-21)36-20-23-9-5-4-8-22(23)19-32/h4-9,12-18,24H,1-3,10-11,20H2/b28-18-,33-30?. The van der Waals surface area contributed by atoms with E-state index in [1.54, 1.807) is 29.2 Å². The highest BCUT2D eigenvalue weighted by molar-refractivity contribution is 8.18. The van der Waals surface area contributed by atoms with Gasteiger partial charge in [0.1, 0.15) is 23.9 Å². The quantitative estimate of drug-likeness (QED) is 0.328. The molecule has 1 heterocycles. The van der Waals surface area contributed by atoms with Crippen molar-refractivity contribution in [2.24, 2.45) is 4.99 Å². The number of amides is 1. The number of ether oxygens (including phenoxy) is 1. The molecule has 5 nitrogen and oxygen atoms in total. The van der Waals surface area contributed by atoms with Crippen LogP contribution in [0.5, 0.6) is 5.75 Å². The minimum Gasteiger partial charge on any atom is -0.489 e. The van der Waals surface area contributed by atoms with Crippen LogP contribution in [0.15, 0.2) is 82.7 Å². The molecule has 0 bridgehead atoms. The van der Waals surface area contributed by atoms with Gasteiger partial charge in [-0.25, -0.2) is 9.38 Å². The van der Waals surface area contributed by atoms with Crippen LogP contribution in [-0.4, -0.2) is 22.0 Å². The number of nitrogens with zero attached hydrogens (tertiary/aromatic N) is 3. The molecule has 0 unspecified atom stereocenters. The van der Waals surface area contributed by atoms with E-state index in [1.807, 2.05) is 48.5 Å². The summed E-state index contributed by atoms with van der Waals surface area (Å²) in [5.41, 5.74) is 2.51.